The van der Waals surface area contributed by atoms with Crippen LogP contribution in [0.2, 0.25) is 0 Å². The monoisotopic (exact) mass is 273 g/mol. The second-order valence-corrected chi connectivity index (χ2v) is 6.14. The average Bonchev–Trinajstić information content (AvgIpc) is 2.99. The molecule has 0 bridgehead atoms. The summed E-state index contributed by atoms with van der Waals surface area (Å²) in [5.74, 6) is -0.0982. The van der Waals surface area contributed by atoms with Crippen LogP contribution in [0.1, 0.15) is 43.2 Å². The molecule has 1 aromatic carbocycles. The van der Waals surface area contributed by atoms with Crippen molar-refractivity contribution in [1.29, 1.82) is 0 Å². The number of hydrogen-bond acceptors (Lipinski definition) is 3. The molecular weight excluding hydrogens is 250 g/mol. The van der Waals surface area contributed by atoms with Gasteiger partial charge in [0, 0.05) is 12.5 Å². The Morgan fingerprint density at radius 3 is 2.65 bits per heavy atom. The van der Waals surface area contributed by atoms with Crippen molar-refractivity contribution in [2.75, 3.05) is 7.11 Å². The summed E-state index contributed by atoms with van der Waals surface area (Å²) in [6, 6.07) is 8.92. The lowest BCUT2D eigenvalue weighted by atomic mass is 9.77. The summed E-state index contributed by atoms with van der Waals surface area (Å²) in [5, 5.41) is 3.65. The summed E-state index contributed by atoms with van der Waals surface area (Å²) >= 11 is 0. The van der Waals surface area contributed by atoms with Gasteiger partial charge in [-0.1, -0.05) is 37.1 Å². The fraction of sp³-hybridized carbons (Fsp3) is 0.588. The topological polar surface area (TPSA) is 38.3 Å². The normalized spacial score (nSPS) is 26.2. The minimum absolute atomic E-state index is 0.0982. The second kappa shape index (κ2) is 5.57. The third-order valence-electron chi connectivity index (χ3n) is 4.84. The number of benzene rings is 1. The summed E-state index contributed by atoms with van der Waals surface area (Å²) in [6.45, 7) is 0. The number of methoxy groups -OCH3 is 1. The van der Waals surface area contributed by atoms with Crippen LogP contribution in [-0.4, -0.2) is 24.7 Å². The van der Waals surface area contributed by atoms with Gasteiger partial charge in [0.15, 0.2) is 0 Å². The number of carbonyl (C=O) groups excluding carboxylic acids is 1. The van der Waals surface area contributed by atoms with Crippen molar-refractivity contribution >= 4 is 5.97 Å². The molecule has 1 atom stereocenters. The zero-order valence-corrected chi connectivity index (χ0v) is 12.2. The Kier molecular flexibility index (Phi) is 3.79. The number of hydrogen-bond donors (Lipinski definition) is 1. The maximum atomic E-state index is 12.4. The van der Waals surface area contributed by atoms with E-state index in [0.29, 0.717) is 6.04 Å². The van der Waals surface area contributed by atoms with Crippen LogP contribution in [0.3, 0.4) is 0 Å². The Morgan fingerprint density at radius 2 is 1.95 bits per heavy atom. The molecule has 0 amide bonds. The van der Waals surface area contributed by atoms with E-state index in [9.17, 15) is 4.79 Å². The van der Waals surface area contributed by atoms with Crippen molar-refractivity contribution in [2.24, 2.45) is 0 Å². The molecule has 1 aromatic rings. The number of rotatable bonds is 3. The van der Waals surface area contributed by atoms with Crippen LogP contribution in [0.25, 0.3) is 0 Å². The Morgan fingerprint density at radius 1 is 1.25 bits per heavy atom. The largest absolute Gasteiger partial charge is 0.468 e. The predicted molar refractivity (Wildman–Crippen MR) is 78.6 cm³/mol. The van der Waals surface area contributed by atoms with Crippen LogP contribution in [-0.2, 0) is 22.4 Å². The van der Waals surface area contributed by atoms with Crippen molar-refractivity contribution < 1.29 is 9.53 Å². The standard InChI is InChI=1S/C17H23NO2/c1-20-16(19)17(18-15-8-4-5-9-15)11-10-13-6-2-3-7-14(13)12-17/h2-3,6-7,15,18H,4-5,8-12H2,1H3. The third kappa shape index (κ3) is 2.47. The Balaban J connectivity index is 1.86. The lowest BCUT2D eigenvalue weighted by molar-refractivity contribution is -0.149. The number of aryl methyl sites for hydroxylation is 1. The number of carbonyl (C=O) groups is 1. The molecule has 2 aliphatic rings. The average molecular weight is 273 g/mol. The Labute approximate surface area is 120 Å². The molecule has 0 aliphatic heterocycles. The van der Waals surface area contributed by atoms with Gasteiger partial charge in [-0.2, -0.15) is 0 Å². The van der Waals surface area contributed by atoms with E-state index in [1.807, 2.05) is 0 Å². The molecular formula is C17H23NO2. The van der Waals surface area contributed by atoms with Gasteiger partial charge >= 0.3 is 5.97 Å². The van der Waals surface area contributed by atoms with E-state index in [-0.39, 0.29) is 5.97 Å². The van der Waals surface area contributed by atoms with Gasteiger partial charge in [-0.25, -0.2) is 0 Å². The maximum Gasteiger partial charge on any atom is 0.326 e. The molecule has 20 heavy (non-hydrogen) atoms. The van der Waals surface area contributed by atoms with Crippen LogP contribution in [0.5, 0.6) is 0 Å². The molecule has 0 spiro atoms. The van der Waals surface area contributed by atoms with Gasteiger partial charge in [0.25, 0.3) is 0 Å². The highest BCUT2D eigenvalue weighted by Gasteiger charge is 2.43. The van der Waals surface area contributed by atoms with Gasteiger partial charge < -0.3 is 4.74 Å². The van der Waals surface area contributed by atoms with Crippen LogP contribution in [0.15, 0.2) is 24.3 Å². The van der Waals surface area contributed by atoms with Gasteiger partial charge in [0.1, 0.15) is 5.54 Å². The van der Waals surface area contributed by atoms with Gasteiger partial charge in [-0.3, -0.25) is 10.1 Å². The molecule has 108 valence electrons. The quantitative estimate of drug-likeness (QED) is 0.860. The first-order valence-electron chi connectivity index (χ1n) is 7.66. The number of nitrogens with one attached hydrogen (secondary N) is 1. The first-order chi connectivity index (χ1) is 9.73. The smallest absolute Gasteiger partial charge is 0.326 e. The zero-order valence-electron chi connectivity index (χ0n) is 12.2. The number of fused-ring (bicyclic) bond motifs is 1. The lowest BCUT2D eigenvalue weighted by Gasteiger charge is -2.38. The van der Waals surface area contributed by atoms with Crippen molar-refractivity contribution in [1.82, 2.24) is 5.32 Å². The zero-order chi connectivity index (χ0) is 14.0. The van der Waals surface area contributed by atoms with E-state index >= 15 is 0 Å². The third-order valence-corrected chi connectivity index (χ3v) is 4.84. The summed E-state index contributed by atoms with van der Waals surface area (Å²) in [4.78, 5) is 12.4. The van der Waals surface area contributed by atoms with Crippen molar-refractivity contribution in [2.45, 2.75) is 56.5 Å². The molecule has 3 rings (SSSR count). The number of esters is 1. The number of ether oxygens (including phenoxy) is 1. The highest BCUT2D eigenvalue weighted by molar-refractivity contribution is 5.82. The summed E-state index contributed by atoms with van der Waals surface area (Å²) < 4.78 is 5.12. The molecule has 3 heteroatoms. The van der Waals surface area contributed by atoms with Gasteiger partial charge in [0.2, 0.25) is 0 Å². The summed E-state index contributed by atoms with van der Waals surface area (Å²) in [5.41, 5.74) is 2.15. The molecule has 1 fully saturated rings. The molecule has 0 radical (unpaired) electrons. The minimum atomic E-state index is -0.516. The Hall–Kier alpha value is -1.35. The fourth-order valence-electron chi connectivity index (χ4n) is 3.75. The molecule has 2 aliphatic carbocycles. The fourth-order valence-corrected chi connectivity index (χ4v) is 3.75. The van der Waals surface area contributed by atoms with E-state index in [2.05, 4.69) is 29.6 Å². The van der Waals surface area contributed by atoms with Crippen LogP contribution in [0.4, 0.5) is 0 Å². The molecule has 3 nitrogen and oxygen atoms in total. The highest BCUT2D eigenvalue weighted by atomic mass is 16.5. The van der Waals surface area contributed by atoms with Crippen molar-refractivity contribution in [3.05, 3.63) is 35.4 Å². The summed E-state index contributed by atoms with van der Waals surface area (Å²) in [6.07, 6.45) is 7.45. The SMILES string of the molecule is COC(=O)C1(NC2CCCC2)CCc2ccccc2C1. The highest BCUT2D eigenvalue weighted by Crippen LogP contribution is 2.32. The minimum Gasteiger partial charge on any atom is -0.468 e. The van der Waals surface area contributed by atoms with E-state index in [1.54, 1.807) is 0 Å². The predicted octanol–water partition coefficient (Wildman–Crippen LogP) is 2.62. The van der Waals surface area contributed by atoms with Gasteiger partial charge in [-0.05, 0) is 36.8 Å². The van der Waals surface area contributed by atoms with E-state index < -0.39 is 5.54 Å². The van der Waals surface area contributed by atoms with Gasteiger partial charge in [-0.15, -0.1) is 0 Å². The van der Waals surface area contributed by atoms with E-state index in [1.165, 1.54) is 43.9 Å². The molecule has 0 aromatic heterocycles. The second-order valence-electron chi connectivity index (χ2n) is 6.14. The van der Waals surface area contributed by atoms with Crippen molar-refractivity contribution in [3.8, 4) is 0 Å². The maximum absolute atomic E-state index is 12.4. The van der Waals surface area contributed by atoms with Gasteiger partial charge in [0.05, 0.1) is 7.11 Å². The molecule has 1 saturated carbocycles. The Bertz CT molecular complexity index is 494. The first-order valence-corrected chi connectivity index (χ1v) is 7.66. The summed E-state index contributed by atoms with van der Waals surface area (Å²) in [7, 11) is 1.50. The van der Waals surface area contributed by atoms with Crippen LogP contribution < -0.4 is 5.32 Å². The van der Waals surface area contributed by atoms with Crippen LogP contribution >= 0.6 is 0 Å². The lowest BCUT2D eigenvalue weighted by Crippen LogP contribution is -2.59. The molecule has 0 heterocycles. The van der Waals surface area contributed by atoms with Crippen molar-refractivity contribution in [3.63, 3.8) is 0 Å². The molecule has 0 saturated heterocycles. The molecule has 1 N–H and O–H groups in total. The first kappa shape index (κ1) is 13.6. The van der Waals surface area contributed by atoms with E-state index in [4.69, 9.17) is 4.74 Å². The molecule has 1 unspecified atom stereocenters. The van der Waals surface area contributed by atoms with E-state index in [0.717, 1.165) is 19.3 Å². The van der Waals surface area contributed by atoms with Crippen LogP contribution in [0, 0.1) is 0 Å².